The number of ether oxygens (including phenoxy) is 1. The summed E-state index contributed by atoms with van der Waals surface area (Å²) >= 11 is 6.21. The van der Waals surface area contributed by atoms with Crippen LogP contribution in [0.3, 0.4) is 0 Å². The zero-order valence-corrected chi connectivity index (χ0v) is 13.4. The van der Waals surface area contributed by atoms with Crippen molar-refractivity contribution < 1.29 is 9.84 Å². The number of fused-ring (bicyclic) bond motifs is 1. The van der Waals surface area contributed by atoms with Crippen molar-refractivity contribution in [2.24, 2.45) is 5.92 Å². The van der Waals surface area contributed by atoms with Gasteiger partial charge in [0.05, 0.1) is 13.2 Å². The Morgan fingerprint density at radius 1 is 1.38 bits per heavy atom. The van der Waals surface area contributed by atoms with E-state index < -0.39 is 0 Å². The summed E-state index contributed by atoms with van der Waals surface area (Å²) in [5.74, 6) is 1.76. The van der Waals surface area contributed by atoms with E-state index in [4.69, 9.17) is 16.3 Å². The van der Waals surface area contributed by atoms with Gasteiger partial charge in [0, 0.05) is 29.1 Å². The highest BCUT2D eigenvalue weighted by Crippen LogP contribution is 2.35. The summed E-state index contributed by atoms with van der Waals surface area (Å²) in [6.07, 6.45) is 5.36. The lowest BCUT2D eigenvalue weighted by molar-refractivity contribution is 0.104. The quantitative estimate of drug-likeness (QED) is 0.896. The molecule has 0 amide bonds. The molecule has 1 heterocycles. The SMILES string of the molecule is CC1CCC(CO)(NCc2cc(Cl)cc3c2OCC3)CC1. The average molecular weight is 310 g/mol. The Kier molecular flexibility index (Phi) is 4.43. The molecule has 1 fully saturated rings. The van der Waals surface area contributed by atoms with Gasteiger partial charge in [0.25, 0.3) is 0 Å². The van der Waals surface area contributed by atoms with Gasteiger partial charge in [0.2, 0.25) is 0 Å². The summed E-state index contributed by atoms with van der Waals surface area (Å²) in [4.78, 5) is 0. The third kappa shape index (κ3) is 3.20. The molecule has 0 radical (unpaired) electrons. The van der Waals surface area contributed by atoms with E-state index in [-0.39, 0.29) is 12.1 Å². The van der Waals surface area contributed by atoms with Crippen LogP contribution >= 0.6 is 11.6 Å². The lowest BCUT2D eigenvalue weighted by Gasteiger charge is -2.39. The first kappa shape index (κ1) is 15.1. The van der Waals surface area contributed by atoms with Crippen LogP contribution in [-0.2, 0) is 13.0 Å². The van der Waals surface area contributed by atoms with Crippen LogP contribution in [0.2, 0.25) is 5.02 Å². The zero-order chi connectivity index (χ0) is 14.9. The molecule has 1 aliphatic carbocycles. The van der Waals surface area contributed by atoms with E-state index in [0.717, 1.165) is 48.1 Å². The second kappa shape index (κ2) is 6.15. The van der Waals surface area contributed by atoms with Gasteiger partial charge in [-0.3, -0.25) is 0 Å². The van der Waals surface area contributed by atoms with E-state index in [1.54, 1.807) is 0 Å². The molecule has 0 atom stereocenters. The van der Waals surface area contributed by atoms with Crippen molar-refractivity contribution >= 4 is 11.6 Å². The van der Waals surface area contributed by atoms with Crippen molar-refractivity contribution in [3.8, 4) is 5.75 Å². The van der Waals surface area contributed by atoms with Crippen molar-refractivity contribution in [1.82, 2.24) is 5.32 Å². The predicted octanol–water partition coefficient (Wildman–Crippen LogP) is 3.31. The van der Waals surface area contributed by atoms with Crippen molar-refractivity contribution in [3.05, 3.63) is 28.3 Å². The van der Waals surface area contributed by atoms with Crippen LogP contribution < -0.4 is 10.1 Å². The van der Waals surface area contributed by atoms with Crippen molar-refractivity contribution in [1.29, 1.82) is 0 Å². The third-order valence-corrected chi connectivity index (χ3v) is 5.23. The van der Waals surface area contributed by atoms with Crippen LogP contribution in [-0.4, -0.2) is 23.9 Å². The molecular weight excluding hydrogens is 286 g/mol. The maximum atomic E-state index is 9.83. The number of benzene rings is 1. The van der Waals surface area contributed by atoms with E-state index in [1.807, 2.05) is 12.1 Å². The molecule has 0 spiro atoms. The lowest BCUT2D eigenvalue weighted by Crippen LogP contribution is -2.50. The molecule has 2 aliphatic rings. The Bertz CT molecular complexity index is 510. The minimum Gasteiger partial charge on any atom is -0.493 e. The fraction of sp³-hybridized carbons (Fsp3) is 0.647. The van der Waals surface area contributed by atoms with Crippen LogP contribution in [0.15, 0.2) is 12.1 Å². The lowest BCUT2D eigenvalue weighted by atomic mass is 9.77. The molecule has 1 aromatic carbocycles. The number of nitrogens with one attached hydrogen (secondary N) is 1. The number of aliphatic hydroxyl groups excluding tert-OH is 1. The van der Waals surface area contributed by atoms with Gasteiger partial charge in [-0.15, -0.1) is 0 Å². The molecule has 1 aliphatic heterocycles. The van der Waals surface area contributed by atoms with Crippen molar-refractivity contribution in [2.45, 2.75) is 51.1 Å². The minimum absolute atomic E-state index is 0.139. The van der Waals surface area contributed by atoms with Gasteiger partial charge in [0.15, 0.2) is 0 Å². The highest BCUT2D eigenvalue weighted by atomic mass is 35.5. The normalized spacial score (nSPS) is 28.2. The Morgan fingerprint density at radius 3 is 2.86 bits per heavy atom. The monoisotopic (exact) mass is 309 g/mol. The topological polar surface area (TPSA) is 41.5 Å². The molecule has 116 valence electrons. The molecular formula is C17H24ClNO2. The first-order valence-electron chi connectivity index (χ1n) is 7.92. The summed E-state index contributed by atoms with van der Waals surface area (Å²) in [6.45, 7) is 3.94. The Balaban J connectivity index is 1.72. The maximum Gasteiger partial charge on any atom is 0.127 e. The van der Waals surface area contributed by atoms with E-state index >= 15 is 0 Å². The third-order valence-electron chi connectivity index (χ3n) is 5.01. The molecule has 3 rings (SSSR count). The largest absolute Gasteiger partial charge is 0.493 e. The molecule has 21 heavy (non-hydrogen) atoms. The van der Waals surface area contributed by atoms with Gasteiger partial charge in [0.1, 0.15) is 5.75 Å². The maximum absolute atomic E-state index is 9.83. The molecule has 0 saturated heterocycles. The summed E-state index contributed by atoms with van der Waals surface area (Å²) < 4.78 is 5.75. The van der Waals surface area contributed by atoms with Gasteiger partial charge in [-0.2, -0.15) is 0 Å². The zero-order valence-electron chi connectivity index (χ0n) is 12.6. The highest BCUT2D eigenvalue weighted by molar-refractivity contribution is 6.30. The molecule has 2 N–H and O–H groups in total. The number of hydrogen-bond acceptors (Lipinski definition) is 3. The predicted molar refractivity (Wildman–Crippen MR) is 84.9 cm³/mol. The smallest absolute Gasteiger partial charge is 0.127 e. The summed E-state index contributed by atoms with van der Waals surface area (Å²) in [5, 5.41) is 14.2. The van der Waals surface area contributed by atoms with E-state index in [9.17, 15) is 5.11 Å². The first-order valence-corrected chi connectivity index (χ1v) is 8.30. The number of rotatable bonds is 4. The Morgan fingerprint density at radius 2 is 2.14 bits per heavy atom. The number of halogens is 1. The van der Waals surface area contributed by atoms with Crippen LogP contribution in [0.1, 0.15) is 43.7 Å². The second-order valence-electron chi connectivity index (χ2n) is 6.63. The fourth-order valence-corrected chi connectivity index (χ4v) is 3.73. The number of aliphatic hydroxyl groups is 1. The van der Waals surface area contributed by atoms with Gasteiger partial charge < -0.3 is 15.2 Å². The van der Waals surface area contributed by atoms with E-state index in [1.165, 1.54) is 18.4 Å². The Labute approximate surface area is 131 Å². The van der Waals surface area contributed by atoms with Crippen molar-refractivity contribution in [3.63, 3.8) is 0 Å². The molecule has 0 bridgehead atoms. The molecule has 4 heteroatoms. The highest BCUT2D eigenvalue weighted by Gasteiger charge is 2.33. The van der Waals surface area contributed by atoms with Crippen LogP contribution in [0.25, 0.3) is 0 Å². The molecule has 1 aromatic rings. The molecule has 1 saturated carbocycles. The van der Waals surface area contributed by atoms with Gasteiger partial charge in [-0.1, -0.05) is 18.5 Å². The summed E-state index contributed by atoms with van der Waals surface area (Å²) in [7, 11) is 0. The average Bonchev–Trinajstić information content (AvgIpc) is 2.95. The molecule has 0 unspecified atom stereocenters. The Hall–Kier alpha value is -0.770. The van der Waals surface area contributed by atoms with Crippen LogP contribution in [0, 0.1) is 5.92 Å². The minimum atomic E-state index is -0.139. The molecule has 3 nitrogen and oxygen atoms in total. The van der Waals surface area contributed by atoms with E-state index in [2.05, 4.69) is 12.2 Å². The van der Waals surface area contributed by atoms with Crippen LogP contribution in [0.4, 0.5) is 0 Å². The van der Waals surface area contributed by atoms with Crippen LogP contribution in [0.5, 0.6) is 5.75 Å². The second-order valence-corrected chi connectivity index (χ2v) is 7.06. The van der Waals surface area contributed by atoms with Gasteiger partial charge >= 0.3 is 0 Å². The number of hydrogen-bond donors (Lipinski definition) is 2. The first-order chi connectivity index (χ1) is 10.1. The van der Waals surface area contributed by atoms with Gasteiger partial charge in [-0.25, -0.2) is 0 Å². The summed E-state index contributed by atoms with van der Waals surface area (Å²) in [6, 6.07) is 3.98. The van der Waals surface area contributed by atoms with Gasteiger partial charge in [-0.05, 0) is 49.3 Å². The summed E-state index contributed by atoms with van der Waals surface area (Å²) in [5.41, 5.74) is 2.18. The fourth-order valence-electron chi connectivity index (χ4n) is 3.47. The van der Waals surface area contributed by atoms with Crippen molar-refractivity contribution in [2.75, 3.05) is 13.2 Å². The van der Waals surface area contributed by atoms with E-state index in [0.29, 0.717) is 6.54 Å². The standard InChI is InChI=1S/C17H24ClNO2/c1-12-2-5-17(11-20,6-3-12)19-10-14-9-15(18)8-13-4-7-21-16(13)14/h8-9,12,19-20H,2-7,10-11H2,1H3. The molecule has 0 aromatic heterocycles.